The molecule has 4 aromatic rings. The first-order chi connectivity index (χ1) is 16.9. The number of hydrogen-bond acceptors (Lipinski definition) is 3. The van der Waals surface area contributed by atoms with Gasteiger partial charge in [-0.1, -0.05) is 0 Å². The molecule has 0 unspecified atom stereocenters. The van der Waals surface area contributed by atoms with Gasteiger partial charge in [0.2, 0.25) is 0 Å². The number of rotatable bonds is 3. The first kappa shape index (κ1) is 23.3. The van der Waals surface area contributed by atoms with Crippen LogP contribution in [0.25, 0.3) is 32.7 Å². The van der Waals surface area contributed by atoms with Crippen LogP contribution in [0, 0.1) is 17.8 Å². The molecule has 0 saturated heterocycles. The summed E-state index contributed by atoms with van der Waals surface area (Å²) in [6.07, 6.45) is 0.765. The Morgan fingerprint density at radius 2 is 1.34 bits per heavy atom. The standard InChI is InChI=1S/C30H31O3PSe/c1-19(2)23-15-12-20(3)18-28(23)33-34(35)31-26-16-13-21-8-4-6-10-24(21)29(26)30-25-11-7-5-9-22(25)14-17-27(30)32-34/h4-11,13-14,16-17,19-20,23,28H,12,15,18H2,1-3H3/t20-,23+,28-/m1/s1. The van der Waals surface area contributed by atoms with Crippen LogP contribution >= 0.6 is 6.19 Å². The van der Waals surface area contributed by atoms with Gasteiger partial charge in [-0.25, -0.2) is 0 Å². The Bertz CT molecular complexity index is 1370. The van der Waals surface area contributed by atoms with Gasteiger partial charge in [0.25, 0.3) is 0 Å². The minimum absolute atomic E-state index is 0.110. The van der Waals surface area contributed by atoms with Crippen LogP contribution in [0.2, 0.25) is 0 Å². The molecule has 1 fully saturated rings. The maximum absolute atomic E-state index is 6.89. The first-order valence-corrected chi connectivity index (χ1v) is 16.4. The van der Waals surface area contributed by atoms with E-state index in [-0.39, 0.29) is 6.10 Å². The molecular weight excluding hydrogens is 518 g/mol. The molecule has 0 bridgehead atoms. The van der Waals surface area contributed by atoms with Crippen molar-refractivity contribution in [2.24, 2.45) is 17.8 Å². The van der Waals surface area contributed by atoms with Gasteiger partial charge >= 0.3 is 216 Å². The Kier molecular flexibility index (Phi) is 6.06. The molecule has 0 amide bonds. The average Bonchev–Trinajstić information content (AvgIpc) is 2.97. The zero-order valence-corrected chi connectivity index (χ0v) is 23.0. The van der Waals surface area contributed by atoms with Gasteiger partial charge in [0.05, 0.1) is 0 Å². The molecule has 4 aromatic carbocycles. The SMILES string of the molecule is CC(C)[C@@H]1CC[C@@H](C)C[C@H]1OP1(=[Se])Oc2ccc3ccccc3c2-c2c(ccc3ccccc23)O1. The summed E-state index contributed by atoms with van der Waals surface area (Å²) in [5.74, 6) is 3.32. The zero-order valence-electron chi connectivity index (χ0n) is 20.4. The summed E-state index contributed by atoms with van der Waals surface area (Å²) in [6, 6.07) is 25.4. The molecular formula is C30H31O3PSe. The number of fused-ring (bicyclic) bond motifs is 7. The Labute approximate surface area is 215 Å². The fraction of sp³-hybridized carbons (Fsp3) is 0.333. The third-order valence-electron chi connectivity index (χ3n) is 7.68. The van der Waals surface area contributed by atoms with Gasteiger partial charge < -0.3 is 0 Å². The van der Waals surface area contributed by atoms with E-state index in [0.29, 0.717) is 17.8 Å². The Balaban J connectivity index is 1.54. The van der Waals surface area contributed by atoms with Crippen molar-refractivity contribution in [2.75, 3.05) is 0 Å². The van der Waals surface area contributed by atoms with E-state index < -0.39 is 6.19 Å². The number of benzene rings is 4. The van der Waals surface area contributed by atoms with Gasteiger partial charge in [0.15, 0.2) is 0 Å². The van der Waals surface area contributed by atoms with E-state index in [0.717, 1.165) is 39.8 Å². The van der Waals surface area contributed by atoms with Crippen molar-refractivity contribution in [3.05, 3.63) is 72.8 Å². The third-order valence-corrected chi connectivity index (χ3v) is 10.5. The zero-order chi connectivity index (χ0) is 24.2. The van der Waals surface area contributed by atoms with Crippen molar-refractivity contribution in [1.29, 1.82) is 0 Å². The van der Waals surface area contributed by atoms with E-state index in [9.17, 15) is 0 Å². The summed E-state index contributed by atoms with van der Waals surface area (Å²) in [4.78, 5) is 0. The van der Waals surface area contributed by atoms with Crippen LogP contribution in [0.5, 0.6) is 11.5 Å². The van der Waals surface area contributed by atoms with E-state index in [1.165, 1.54) is 23.6 Å². The third kappa shape index (κ3) is 4.25. The molecule has 1 heterocycles. The molecule has 6 rings (SSSR count). The molecule has 5 heteroatoms. The second-order valence-corrected chi connectivity index (χ2v) is 14.7. The second kappa shape index (κ2) is 9.09. The maximum atomic E-state index is 6.89. The van der Waals surface area contributed by atoms with E-state index in [1.54, 1.807) is 0 Å². The molecule has 3 atom stereocenters. The summed E-state index contributed by atoms with van der Waals surface area (Å²) in [5.41, 5.74) is 2.15. The predicted octanol–water partition coefficient (Wildman–Crippen LogP) is 8.75. The molecule has 1 saturated carbocycles. The van der Waals surface area contributed by atoms with E-state index in [2.05, 4.69) is 109 Å². The molecule has 0 N–H and O–H groups in total. The van der Waals surface area contributed by atoms with Crippen LogP contribution in [0.15, 0.2) is 72.8 Å². The van der Waals surface area contributed by atoms with Crippen molar-refractivity contribution >= 4 is 42.8 Å². The van der Waals surface area contributed by atoms with Crippen LogP contribution in [-0.2, 0) is 4.52 Å². The van der Waals surface area contributed by atoms with Crippen molar-refractivity contribution in [3.63, 3.8) is 0 Å². The Morgan fingerprint density at radius 3 is 1.89 bits per heavy atom. The summed E-state index contributed by atoms with van der Waals surface area (Å²) in [5, 5.41) is 4.68. The average molecular weight is 550 g/mol. The number of hydrogen-bond donors (Lipinski definition) is 0. The second-order valence-electron chi connectivity index (χ2n) is 10.4. The normalized spacial score (nSPS) is 23.3. The van der Waals surface area contributed by atoms with E-state index >= 15 is 0 Å². The van der Waals surface area contributed by atoms with Crippen molar-refractivity contribution < 1.29 is 13.6 Å². The van der Waals surface area contributed by atoms with Crippen LogP contribution in [0.4, 0.5) is 0 Å². The summed E-state index contributed by atoms with van der Waals surface area (Å²) in [6.45, 7) is 6.94. The molecule has 0 radical (unpaired) electrons. The summed E-state index contributed by atoms with van der Waals surface area (Å²) in [7, 11) is 0. The van der Waals surface area contributed by atoms with Crippen molar-refractivity contribution in [3.8, 4) is 22.6 Å². The molecule has 2 aliphatic rings. The van der Waals surface area contributed by atoms with Gasteiger partial charge in [-0.05, 0) is 0 Å². The molecule has 1 aliphatic heterocycles. The Morgan fingerprint density at radius 1 is 0.800 bits per heavy atom. The predicted molar refractivity (Wildman–Crippen MR) is 147 cm³/mol. The van der Waals surface area contributed by atoms with E-state index in [4.69, 9.17) is 13.6 Å². The molecule has 1 aliphatic carbocycles. The monoisotopic (exact) mass is 550 g/mol. The summed E-state index contributed by atoms with van der Waals surface area (Å²) < 4.78 is 20.4. The summed E-state index contributed by atoms with van der Waals surface area (Å²) >= 11 is 3.28. The van der Waals surface area contributed by atoms with Crippen molar-refractivity contribution in [2.45, 2.75) is 46.1 Å². The van der Waals surface area contributed by atoms with Crippen molar-refractivity contribution in [1.82, 2.24) is 0 Å². The van der Waals surface area contributed by atoms with Gasteiger partial charge in [0, 0.05) is 0 Å². The van der Waals surface area contributed by atoms with Crippen LogP contribution in [-0.4, -0.2) is 21.2 Å². The molecule has 180 valence electrons. The van der Waals surface area contributed by atoms with E-state index in [1.807, 2.05) is 0 Å². The molecule has 0 spiro atoms. The van der Waals surface area contributed by atoms with Gasteiger partial charge in [-0.2, -0.15) is 0 Å². The van der Waals surface area contributed by atoms with Gasteiger partial charge in [0.1, 0.15) is 0 Å². The fourth-order valence-corrected chi connectivity index (χ4v) is 9.07. The van der Waals surface area contributed by atoms with Crippen LogP contribution < -0.4 is 9.05 Å². The molecule has 3 nitrogen and oxygen atoms in total. The molecule has 35 heavy (non-hydrogen) atoms. The molecule has 0 aromatic heterocycles. The Hall–Kier alpha value is -2.09. The first-order valence-electron chi connectivity index (χ1n) is 12.6. The fourth-order valence-electron chi connectivity index (χ4n) is 5.88. The topological polar surface area (TPSA) is 27.7 Å². The van der Waals surface area contributed by atoms with Crippen LogP contribution in [0.1, 0.15) is 40.0 Å². The van der Waals surface area contributed by atoms with Gasteiger partial charge in [-0.15, -0.1) is 0 Å². The minimum atomic E-state index is -2.82. The quantitative estimate of drug-likeness (QED) is 0.189. The van der Waals surface area contributed by atoms with Gasteiger partial charge in [-0.3, -0.25) is 0 Å². The van der Waals surface area contributed by atoms with Crippen LogP contribution in [0.3, 0.4) is 0 Å².